The number of hydrogen-bond acceptors (Lipinski definition) is 6. The van der Waals surface area contributed by atoms with E-state index in [1.807, 2.05) is 30.5 Å². The summed E-state index contributed by atoms with van der Waals surface area (Å²) in [6.45, 7) is 7.65. The highest BCUT2D eigenvalue weighted by Gasteiger charge is 2.29. The number of benzene rings is 1. The molecule has 1 amide bonds. The smallest absolute Gasteiger partial charge is 0.257 e. The molecule has 3 aromatic rings. The number of thioether (sulfide) groups is 1. The minimum atomic E-state index is -0.197. The lowest BCUT2D eigenvalue weighted by Gasteiger charge is -2.43. The first-order valence-electron chi connectivity index (χ1n) is 10.5. The average molecular weight is 446 g/mol. The molecule has 6 nitrogen and oxygen atoms in total. The van der Waals surface area contributed by atoms with Crippen molar-refractivity contribution in [3.05, 3.63) is 78.0 Å². The van der Waals surface area contributed by atoms with Crippen LogP contribution in [0.15, 0.2) is 66.9 Å². The molecule has 1 aromatic carbocycles. The molecule has 2 aromatic heterocycles. The number of likely N-dealkylation sites (N-methyl/N-ethyl adjacent to an activating group) is 1. The van der Waals surface area contributed by atoms with Gasteiger partial charge in [-0.2, -0.15) is 0 Å². The molecule has 0 spiro atoms. The molecule has 0 saturated carbocycles. The van der Waals surface area contributed by atoms with E-state index in [4.69, 9.17) is 0 Å². The van der Waals surface area contributed by atoms with Crippen molar-refractivity contribution in [1.29, 1.82) is 0 Å². The number of amides is 1. The summed E-state index contributed by atoms with van der Waals surface area (Å²) in [5.74, 6) is 1.15. The molecule has 7 heteroatoms. The predicted molar refractivity (Wildman–Crippen MR) is 135 cm³/mol. The maximum absolute atomic E-state index is 12.9. The van der Waals surface area contributed by atoms with Crippen molar-refractivity contribution in [1.82, 2.24) is 14.9 Å². The fraction of sp³-hybridized carbons (Fsp3) is 0.240. The Labute approximate surface area is 193 Å². The Morgan fingerprint density at radius 1 is 1.16 bits per heavy atom. The molecule has 0 radical (unpaired) electrons. The van der Waals surface area contributed by atoms with E-state index in [1.54, 1.807) is 30.2 Å². The summed E-state index contributed by atoms with van der Waals surface area (Å²) >= 11 is 1.59. The third-order valence-corrected chi connectivity index (χ3v) is 6.54. The average Bonchev–Trinajstić information content (AvgIpc) is 2.76. The number of pyridine rings is 2. The summed E-state index contributed by atoms with van der Waals surface area (Å²) in [6, 6.07) is 12.2. The van der Waals surface area contributed by atoms with E-state index in [-0.39, 0.29) is 5.91 Å². The van der Waals surface area contributed by atoms with Crippen molar-refractivity contribution in [3.63, 3.8) is 0 Å². The highest BCUT2D eigenvalue weighted by Crippen LogP contribution is 2.30. The summed E-state index contributed by atoms with van der Waals surface area (Å²) in [6.07, 6.45) is 5.53. The Hall–Kier alpha value is -3.16. The molecule has 3 heterocycles. The second-order valence-electron chi connectivity index (χ2n) is 7.95. The van der Waals surface area contributed by atoms with Gasteiger partial charge in [0.05, 0.1) is 0 Å². The largest absolute Gasteiger partial charge is 0.353 e. The van der Waals surface area contributed by atoms with Crippen LogP contribution in [0.1, 0.15) is 22.8 Å². The summed E-state index contributed by atoms with van der Waals surface area (Å²) in [4.78, 5) is 27.3. The van der Waals surface area contributed by atoms with Crippen LogP contribution in [0.4, 0.5) is 11.6 Å². The summed E-state index contributed by atoms with van der Waals surface area (Å²) in [5, 5.41) is 6.78. The lowest BCUT2D eigenvalue weighted by molar-refractivity contribution is 0.102. The molecule has 0 atom stereocenters. The zero-order chi connectivity index (χ0) is 22.7. The summed E-state index contributed by atoms with van der Waals surface area (Å²) in [7, 11) is 4.16. The van der Waals surface area contributed by atoms with E-state index >= 15 is 0 Å². The standard InChI is InChI=1S/C25H27N5OS/c1-5-22(32-6-2)17-7-8-19-14-27-23(12-20(19)11-17)28-25(31)18-9-10-26-24(13-18)30-15-21(16-30)29(3)4/h5-14,21H,2,15-16H2,1,3-4H3,(H,27,28,31)/b22-5-. The van der Waals surface area contributed by atoms with Crippen LogP contribution in [0.3, 0.4) is 0 Å². The van der Waals surface area contributed by atoms with Gasteiger partial charge in [-0.3, -0.25) is 4.79 Å². The van der Waals surface area contributed by atoms with Gasteiger partial charge in [0, 0.05) is 47.4 Å². The van der Waals surface area contributed by atoms with Crippen LogP contribution in [0, 0.1) is 0 Å². The van der Waals surface area contributed by atoms with Crippen LogP contribution in [0.25, 0.3) is 15.7 Å². The normalized spacial score (nSPS) is 14.5. The third-order valence-electron chi connectivity index (χ3n) is 5.64. The first-order valence-corrected chi connectivity index (χ1v) is 11.4. The van der Waals surface area contributed by atoms with Gasteiger partial charge in [0.2, 0.25) is 0 Å². The van der Waals surface area contributed by atoms with Gasteiger partial charge in [-0.1, -0.05) is 36.5 Å². The van der Waals surface area contributed by atoms with Gasteiger partial charge >= 0.3 is 0 Å². The predicted octanol–water partition coefficient (Wildman–Crippen LogP) is 4.87. The number of fused-ring (bicyclic) bond motifs is 1. The van der Waals surface area contributed by atoms with Gasteiger partial charge in [-0.15, -0.1) is 0 Å². The molecule has 1 aliphatic heterocycles. The third kappa shape index (κ3) is 4.69. The number of rotatable bonds is 7. The second kappa shape index (κ2) is 9.54. The van der Waals surface area contributed by atoms with Crippen molar-refractivity contribution in [2.45, 2.75) is 13.0 Å². The van der Waals surface area contributed by atoms with Gasteiger partial charge in [0.15, 0.2) is 0 Å². The van der Waals surface area contributed by atoms with Crippen molar-refractivity contribution in [2.75, 3.05) is 37.4 Å². The maximum atomic E-state index is 12.9. The van der Waals surface area contributed by atoms with Crippen LogP contribution in [-0.4, -0.2) is 54.0 Å². The number of carbonyl (C=O) groups excluding carboxylic acids is 1. The minimum absolute atomic E-state index is 0.197. The number of allylic oxidation sites excluding steroid dienone is 1. The Morgan fingerprint density at radius 2 is 1.97 bits per heavy atom. The molecule has 164 valence electrons. The Kier molecular flexibility index (Phi) is 6.58. The van der Waals surface area contributed by atoms with Crippen LogP contribution < -0.4 is 10.2 Å². The van der Waals surface area contributed by atoms with Crippen molar-refractivity contribution in [2.24, 2.45) is 0 Å². The number of carbonyl (C=O) groups is 1. The van der Waals surface area contributed by atoms with Crippen LogP contribution in [-0.2, 0) is 0 Å². The van der Waals surface area contributed by atoms with E-state index in [0.29, 0.717) is 17.4 Å². The SMILES string of the molecule is C=CS/C(=C\C)c1ccc2cnc(NC(=O)c3ccnc(N4CC(N(C)C)C4)c3)cc2c1. The van der Waals surface area contributed by atoms with Crippen LogP contribution in [0.5, 0.6) is 0 Å². The Morgan fingerprint density at radius 3 is 2.69 bits per heavy atom. The van der Waals surface area contributed by atoms with Gasteiger partial charge in [0.25, 0.3) is 5.91 Å². The molecular weight excluding hydrogens is 418 g/mol. The Bertz CT molecular complexity index is 1180. The van der Waals surface area contributed by atoms with Gasteiger partial charge in [0.1, 0.15) is 11.6 Å². The molecular formula is C25H27N5OS. The number of nitrogens with one attached hydrogen (secondary N) is 1. The lowest BCUT2D eigenvalue weighted by Crippen LogP contribution is -2.57. The molecule has 0 unspecified atom stereocenters. The summed E-state index contributed by atoms with van der Waals surface area (Å²) in [5.41, 5.74) is 1.68. The first-order chi connectivity index (χ1) is 15.5. The molecule has 1 N–H and O–H groups in total. The highest BCUT2D eigenvalue weighted by molar-refractivity contribution is 8.10. The van der Waals surface area contributed by atoms with E-state index in [1.165, 1.54) is 0 Å². The molecule has 1 fully saturated rings. The van der Waals surface area contributed by atoms with Crippen molar-refractivity contribution in [3.8, 4) is 0 Å². The molecule has 0 aliphatic carbocycles. The van der Waals surface area contributed by atoms with E-state index in [9.17, 15) is 4.79 Å². The summed E-state index contributed by atoms with van der Waals surface area (Å²) < 4.78 is 0. The fourth-order valence-electron chi connectivity index (χ4n) is 3.65. The number of aromatic nitrogens is 2. The monoisotopic (exact) mass is 445 g/mol. The minimum Gasteiger partial charge on any atom is -0.353 e. The number of hydrogen-bond donors (Lipinski definition) is 1. The van der Waals surface area contributed by atoms with E-state index < -0.39 is 0 Å². The topological polar surface area (TPSA) is 61.4 Å². The van der Waals surface area contributed by atoms with Gasteiger partial charge in [-0.05, 0) is 61.6 Å². The Balaban J connectivity index is 1.51. The quantitative estimate of drug-likeness (QED) is 0.560. The number of anilines is 2. The fourth-order valence-corrected chi connectivity index (χ4v) is 4.22. The van der Waals surface area contributed by atoms with E-state index in [0.717, 1.165) is 40.1 Å². The van der Waals surface area contributed by atoms with Crippen LogP contribution in [0.2, 0.25) is 0 Å². The van der Waals surface area contributed by atoms with Crippen molar-refractivity contribution < 1.29 is 4.79 Å². The first kappa shape index (κ1) is 22.0. The van der Waals surface area contributed by atoms with Crippen LogP contribution >= 0.6 is 11.8 Å². The zero-order valence-electron chi connectivity index (χ0n) is 18.6. The van der Waals surface area contributed by atoms with Gasteiger partial charge < -0.3 is 15.1 Å². The maximum Gasteiger partial charge on any atom is 0.257 e. The molecule has 0 bridgehead atoms. The zero-order valence-corrected chi connectivity index (χ0v) is 19.4. The number of nitrogens with zero attached hydrogens (tertiary/aromatic N) is 4. The van der Waals surface area contributed by atoms with Gasteiger partial charge in [-0.25, -0.2) is 9.97 Å². The lowest BCUT2D eigenvalue weighted by atomic mass is 10.1. The molecule has 32 heavy (non-hydrogen) atoms. The molecule has 1 aliphatic rings. The molecule has 1 saturated heterocycles. The second-order valence-corrected chi connectivity index (χ2v) is 8.96. The van der Waals surface area contributed by atoms with E-state index in [2.05, 4.69) is 64.0 Å². The highest BCUT2D eigenvalue weighted by atomic mass is 32.2. The molecule has 4 rings (SSSR count). The van der Waals surface area contributed by atoms with Crippen molar-refractivity contribution >= 4 is 45.0 Å².